The molecule has 12 heteroatoms. The van der Waals surface area contributed by atoms with Crippen LogP contribution in [0.2, 0.25) is 5.02 Å². The van der Waals surface area contributed by atoms with Crippen molar-refractivity contribution >= 4 is 29.3 Å². The van der Waals surface area contributed by atoms with Crippen molar-refractivity contribution in [2.75, 3.05) is 37.6 Å². The molecule has 3 heterocycles. The molecule has 0 aliphatic carbocycles. The van der Waals surface area contributed by atoms with Gasteiger partial charge < -0.3 is 15.3 Å². The molecule has 7 nitrogen and oxygen atoms in total. The third kappa shape index (κ3) is 5.11. The molecule has 2 N–H and O–H groups in total. The minimum Gasteiger partial charge on any atom is -0.465 e. The Labute approximate surface area is 216 Å². The minimum absolute atomic E-state index is 0.0592. The number of pyridine rings is 1. The number of alkyl halides is 3. The van der Waals surface area contributed by atoms with E-state index in [-0.39, 0.29) is 30.4 Å². The van der Waals surface area contributed by atoms with E-state index in [1.54, 1.807) is 13.0 Å². The van der Waals surface area contributed by atoms with E-state index in [9.17, 15) is 32.3 Å². The van der Waals surface area contributed by atoms with Gasteiger partial charge in [-0.05, 0) is 49.6 Å². The standard InChI is InChI=1S/C25H27ClF4N4O3/c1-2-34(23(36)37)24(14-31-13-18(24)16-3-5-19(26)20(27)11-16)22(35)15-7-9-33(10-8-15)21-6-4-17(12-32-21)25(28,29)30/h3-6,11-12,15,18,31H,2,7-10,13-14H2,1H3,(H,36,37)/t18-,24+/m0/s1. The Morgan fingerprint density at radius 2 is 1.95 bits per heavy atom. The minimum atomic E-state index is -4.48. The Bertz CT molecular complexity index is 1160. The number of amides is 1. The SMILES string of the molecule is CCN(C(=O)O)[C@]1(C(=O)C2CCN(c3ccc(C(F)(F)F)cn3)CC2)CNC[C@H]1c1ccc(Cl)c(F)c1. The maximum Gasteiger partial charge on any atom is 0.417 e. The van der Waals surface area contributed by atoms with E-state index in [2.05, 4.69) is 10.3 Å². The summed E-state index contributed by atoms with van der Waals surface area (Å²) in [6.45, 7) is 2.82. The summed E-state index contributed by atoms with van der Waals surface area (Å²) in [6.07, 6.45) is -4.18. The van der Waals surface area contributed by atoms with Crippen LogP contribution in [-0.4, -0.2) is 65.1 Å². The number of rotatable bonds is 6. The van der Waals surface area contributed by atoms with Crippen molar-refractivity contribution in [3.63, 3.8) is 0 Å². The van der Waals surface area contributed by atoms with Crippen molar-refractivity contribution in [1.82, 2.24) is 15.2 Å². The lowest BCUT2D eigenvalue weighted by Gasteiger charge is -2.45. The molecule has 37 heavy (non-hydrogen) atoms. The molecule has 4 rings (SSSR count). The van der Waals surface area contributed by atoms with Gasteiger partial charge in [0.1, 0.15) is 17.2 Å². The van der Waals surface area contributed by atoms with Gasteiger partial charge in [-0.2, -0.15) is 13.2 Å². The fraction of sp³-hybridized carbons (Fsp3) is 0.480. The predicted molar refractivity (Wildman–Crippen MR) is 129 cm³/mol. The lowest BCUT2D eigenvalue weighted by molar-refractivity contribution is -0.138. The number of anilines is 1. The average molecular weight is 543 g/mol. The summed E-state index contributed by atoms with van der Waals surface area (Å²) in [6, 6.07) is 6.53. The lowest BCUT2D eigenvalue weighted by atomic mass is 9.71. The van der Waals surface area contributed by atoms with E-state index >= 15 is 0 Å². The number of carbonyl (C=O) groups is 2. The number of piperidine rings is 1. The van der Waals surface area contributed by atoms with Gasteiger partial charge in [-0.15, -0.1) is 0 Å². The third-order valence-corrected chi connectivity index (χ3v) is 7.69. The molecule has 200 valence electrons. The first-order chi connectivity index (χ1) is 17.5. The van der Waals surface area contributed by atoms with E-state index in [4.69, 9.17) is 11.6 Å². The predicted octanol–water partition coefficient (Wildman–Crippen LogP) is 4.80. The van der Waals surface area contributed by atoms with E-state index < -0.39 is 41.0 Å². The fourth-order valence-corrected chi connectivity index (χ4v) is 5.67. The number of carboxylic acid groups (broad SMARTS) is 1. The van der Waals surface area contributed by atoms with Gasteiger partial charge in [-0.3, -0.25) is 9.69 Å². The Balaban J connectivity index is 1.59. The van der Waals surface area contributed by atoms with Crippen molar-refractivity contribution in [1.29, 1.82) is 0 Å². The fourth-order valence-electron chi connectivity index (χ4n) is 5.55. The largest absolute Gasteiger partial charge is 0.465 e. The molecule has 0 unspecified atom stereocenters. The number of Topliss-reactive ketones (excluding diaryl/α,β-unsaturated/α-hetero) is 1. The molecule has 0 bridgehead atoms. The van der Waals surface area contributed by atoms with Crippen LogP contribution in [0.1, 0.15) is 36.8 Å². The molecule has 2 aromatic rings. The van der Waals surface area contributed by atoms with Crippen LogP contribution >= 0.6 is 11.6 Å². The molecular weight excluding hydrogens is 516 g/mol. The summed E-state index contributed by atoms with van der Waals surface area (Å²) in [7, 11) is 0. The van der Waals surface area contributed by atoms with Crippen molar-refractivity contribution in [3.05, 3.63) is 58.5 Å². The molecule has 1 amide bonds. The Morgan fingerprint density at radius 3 is 2.49 bits per heavy atom. The highest BCUT2D eigenvalue weighted by Crippen LogP contribution is 2.42. The first-order valence-corrected chi connectivity index (χ1v) is 12.4. The number of carbonyl (C=O) groups excluding carboxylic acids is 1. The van der Waals surface area contributed by atoms with Crippen LogP contribution in [0.3, 0.4) is 0 Å². The summed E-state index contributed by atoms with van der Waals surface area (Å²) < 4.78 is 52.9. The second-order valence-corrected chi connectivity index (χ2v) is 9.74. The average Bonchev–Trinajstić information content (AvgIpc) is 3.30. The smallest absolute Gasteiger partial charge is 0.417 e. The third-order valence-electron chi connectivity index (χ3n) is 7.39. The van der Waals surface area contributed by atoms with Gasteiger partial charge in [-0.1, -0.05) is 17.7 Å². The topological polar surface area (TPSA) is 85.8 Å². The Kier molecular flexibility index (Phi) is 7.66. The zero-order valence-corrected chi connectivity index (χ0v) is 20.8. The van der Waals surface area contributed by atoms with E-state index in [0.29, 0.717) is 37.3 Å². The van der Waals surface area contributed by atoms with Gasteiger partial charge in [0, 0.05) is 50.8 Å². The molecule has 2 aliphatic heterocycles. The van der Waals surface area contributed by atoms with Crippen LogP contribution in [-0.2, 0) is 11.0 Å². The number of halogens is 5. The number of nitrogens with one attached hydrogen (secondary N) is 1. The first kappa shape index (κ1) is 27.1. The van der Waals surface area contributed by atoms with E-state index in [1.165, 1.54) is 18.2 Å². The van der Waals surface area contributed by atoms with Gasteiger partial charge in [0.05, 0.1) is 10.6 Å². The molecular formula is C25H27ClF4N4O3. The zero-order valence-electron chi connectivity index (χ0n) is 20.1. The second-order valence-electron chi connectivity index (χ2n) is 9.34. The van der Waals surface area contributed by atoms with E-state index in [1.807, 2.05) is 4.90 Å². The van der Waals surface area contributed by atoms with Crippen molar-refractivity contribution in [2.45, 2.75) is 37.4 Å². The highest BCUT2D eigenvalue weighted by molar-refractivity contribution is 6.30. The van der Waals surface area contributed by atoms with Crippen LogP contribution in [0.5, 0.6) is 0 Å². The number of nitrogens with zero attached hydrogens (tertiary/aromatic N) is 3. The van der Waals surface area contributed by atoms with Crippen molar-refractivity contribution in [3.8, 4) is 0 Å². The van der Waals surface area contributed by atoms with Gasteiger partial charge >= 0.3 is 12.3 Å². The van der Waals surface area contributed by atoms with Crippen LogP contribution in [0.4, 0.5) is 28.2 Å². The lowest BCUT2D eigenvalue weighted by Crippen LogP contribution is -2.63. The molecule has 0 radical (unpaired) electrons. The highest BCUT2D eigenvalue weighted by atomic mass is 35.5. The maximum atomic E-state index is 14.3. The molecule has 1 aromatic heterocycles. The Morgan fingerprint density at radius 1 is 1.24 bits per heavy atom. The first-order valence-electron chi connectivity index (χ1n) is 12.0. The molecule has 2 saturated heterocycles. The maximum absolute atomic E-state index is 14.3. The van der Waals surface area contributed by atoms with Crippen LogP contribution in [0.15, 0.2) is 36.5 Å². The van der Waals surface area contributed by atoms with Crippen molar-refractivity contribution in [2.24, 2.45) is 5.92 Å². The number of benzene rings is 1. The molecule has 0 saturated carbocycles. The summed E-state index contributed by atoms with van der Waals surface area (Å²) in [5.74, 6) is -1.63. The van der Waals surface area contributed by atoms with Crippen LogP contribution in [0, 0.1) is 11.7 Å². The van der Waals surface area contributed by atoms with Crippen LogP contribution < -0.4 is 10.2 Å². The van der Waals surface area contributed by atoms with Crippen LogP contribution in [0.25, 0.3) is 0 Å². The monoisotopic (exact) mass is 542 g/mol. The Hall–Kier alpha value is -2.92. The zero-order chi connectivity index (χ0) is 27.0. The molecule has 2 atom stereocenters. The number of aromatic nitrogens is 1. The number of hydrogen-bond donors (Lipinski definition) is 2. The number of ketones is 1. The normalized spacial score (nSPS) is 22.8. The van der Waals surface area contributed by atoms with Gasteiger partial charge in [0.15, 0.2) is 5.78 Å². The summed E-state index contributed by atoms with van der Waals surface area (Å²) in [4.78, 5) is 33.3. The summed E-state index contributed by atoms with van der Waals surface area (Å²) in [5.41, 5.74) is -1.80. The molecule has 1 aromatic carbocycles. The number of likely N-dealkylation sites (N-methyl/N-ethyl adjacent to an activating group) is 1. The molecule has 2 fully saturated rings. The molecule has 0 spiro atoms. The number of hydrogen-bond acceptors (Lipinski definition) is 5. The summed E-state index contributed by atoms with van der Waals surface area (Å²) >= 11 is 5.85. The quantitative estimate of drug-likeness (QED) is 0.510. The van der Waals surface area contributed by atoms with Gasteiger partial charge in [0.25, 0.3) is 0 Å². The highest BCUT2D eigenvalue weighted by Gasteiger charge is 2.56. The summed E-state index contributed by atoms with van der Waals surface area (Å²) in [5, 5.41) is 13.1. The van der Waals surface area contributed by atoms with Gasteiger partial charge in [-0.25, -0.2) is 14.2 Å². The van der Waals surface area contributed by atoms with Gasteiger partial charge in [0.2, 0.25) is 0 Å². The van der Waals surface area contributed by atoms with E-state index in [0.717, 1.165) is 17.2 Å². The molecule has 2 aliphatic rings. The van der Waals surface area contributed by atoms with Crippen molar-refractivity contribution < 1.29 is 32.3 Å². The second kappa shape index (κ2) is 10.4.